The Kier molecular flexibility index (Phi) is 4.72. The van der Waals surface area contributed by atoms with Crippen LogP contribution in [0.15, 0.2) is 24.3 Å². The first-order valence-corrected chi connectivity index (χ1v) is 6.98. The van der Waals surface area contributed by atoms with Crippen LogP contribution in [-0.2, 0) is 0 Å². The molecule has 1 aliphatic carbocycles. The largest absolute Gasteiger partial charge is 0.329 e. The predicted octanol–water partition coefficient (Wildman–Crippen LogP) is 3.09. The number of rotatable bonds is 5. The van der Waals surface area contributed by atoms with E-state index in [-0.39, 0.29) is 11.9 Å². The van der Waals surface area contributed by atoms with Crippen molar-refractivity contribution in [1.29, 1.82) is 0 Å². The normalized spacial score (nSPS) is 18.4. The Bertz CT molecular complexity index is 375. The molecule has 0 aliphatic heterocycles. The number of nitrogens with two attached hydrogens (primary N) is 1. The second kappa shape index (κ2) is 6.30. The van der Waals surface area contributed by atoms with Crippen molar-refractivity contribution in [2.75, 3.05) is 13.1 Å². The molecule has 1 aromatic carbocycles. The van der Waals surface area contributed by atoms with Gasteiger partial charge in [0.25, 0.3) is 0 Å². The number of benzene rings is 1. The molecule has 0 bridgehead atoms. The molecule has 1 fully saturated rings. The van der Waals surface area contributed by atoms with E-state index in [9.17, 15) is 4.39 Å². The lowest BCUT2D eigenvalue weighted by atomic mass is 10.0. The third-order valence-electron chi connectivity index (χ3n) is 4.05. The van der Waals surface area contributed by atoms with Crippen molar-refractivity contribution in [1.82, 2.24) is 4.90 Å². The van der Waals surface area contributed by atoms with Crippen LogP contribution in [0.5, 0.6) is 0 Å². The summed E-state index contributed by atoms with van der Waals surface area (Å²) >= 11 is 0. The lowest BCUT2D eigenvalue weighted by Gasteiger charge is -2.35. The molecule has 18 heavy (non-hydrogen) atoms. The highest BCUT2D eigenvalue weighted by Crippen LogP contribution is 2.31. The minimum absolute atomic E-state index is 0.0132. The smallest absolute Gasteiger partial charge is 0.128 e. The molecule has 100 valence electrons. The van der Waals surface area contributed by atoms with Crippen LogP contribution in [0.4, 0.5) is 4.39 Å². The van der Waals surface area contributed by atoms with Gasteiger partial charge in [-0.1, -0.05) is 38.0 Å². The van der Waals surface area contributed by atoms with Gasteiger partial charge in [-0.2, -0.15) is 0 Å². The van der Waals surface area contributed by atoms with Crippen molar-refractivity contribution in [3.05, 3.63) is 35.6 Å². The molecule has 1 unspecified atom stereocenters. The summed E-state index contributed by atoms with van der Waals surface area (Å²) in [5, 5.41) is 0. The third kappa shape index (κ3) is 2.73. The Labute approximate surface area is 109 Å². The highest BCUT2D eigenvalue weighted by atomic mass is 19.1. The molecule has 1 atom stereocenters. The first kappa shape index (κ1) is 13.5. The van der Waals surface area contributed by atoms with Gasteiger partial charge in [0.1, 0.15) is 5.82 Å². The van der Waals surface area contributed by atoms with Gasteiger partial charge in [-0.25, -0.2) is 4.39 Å². The number of hydrogen-bond donors (Lipinski definition) is 1. The van der Waals surface area contributed by atoms with Crippen molar-refractivity contribution >= 4 is 0 Å². The van der Waals surface area contributed by atoms with Crippen LogP contribution in [-0.4, -0.2) is 24.0 Å². The van der Waals surface area contributed by atoms with Gasteiger partial charge in [0.05, 0.1) is 6.04 Å². The summed E-state index contributed by atoms with van der Waals surface area (Å²) in [4.78, 5) is 2.38. The van der Waals surface area contributed by atoms with Crippen LogP contribution in [0, 0.1) is 5.82 Å². The van der Waals surface area contributed by atoms with Crippen LogP contribution in [0.2, 0.25) is 0 Å². The summed E-state index contributed by atoms with van der Waals surface area (Å²) in [6.07, 6.45) is 5.02. The second-order valence-corrected chi connectivity index (χ2v) is 5.04. The highest BCUT2D eigenvalue weighted by Gasteiger charge is 2.28. The van der Waals surface area contributed by atoms with E-state index in [1.165, 1.54) is 31.7 Å². The summed E-state index contributed by atoms with van der Waals surface area (Å²) in [5.74, 6) is -0.135. The van der Waals surface area contributed by atoms with Gasteiger partial charge in [0.15, 0.2) is 0 Å². The molecule has 0 radical (unpaired) electrons. The first-order valence-electron chi connectivity index (χ1n) is 6.98. The number of hydrogen-bond acceptors (Lipinski definition) is 2. The molecular weight excluding hydrogens is 227 g/mol. The van der Waals surface area contributed by atoms with Crippen LogP contribution < -0.4 is 5.73 Å². The van der Waals surface area contributed by atoms with Gasteiger partial charge in [0.2, 0.25) is 0 Å². The van der Waals surface area contributed by atoms with Crippen LogP contribution in [0.3, 0.4) is 0 Å². The SMILES string of the molecule is CCN(C1CCCC1)C(CN)c1ccccc1F. The first-order chi connectivity index (χ1) is 8.77. The number of likely N-dealkylation sites (N-methyl/N-ethyl adjacent to an activating group) is 1. The second-order valence-electron chi connectivity index (χ2n) is 5.04. The van der Waals surface area contributed by atoms with Gasteiger partial charge in [-0.15, -0.1) is 0 Å². The maximum atomic E-state index is 13.9. The molecule has 2 nitrogen and oxygen atoms in total. The number of nitrogens with zero attached hydrogens (tertiary/aromatic N) is 1. The summed E-state index contributed by atoms with van der Waals surface area (Å²) in [7, 11) is 0. The molecule has 0 spiro atoms. The Balaban J connectivity index is 2.23. The molecule has 0 aromatic heterocycles. The van der Waals surface area contributed by atoms with Crippen molar-refractivity contribution in [2.45, 2.75) is 44.7 Å². The maximum Gasteiger partial charge on any atom is 0.128 e. The fourth-order valence-corrected chi connectivity index (χ4v) is 3.16. The molecule has 0 amide bonds. The molecular formula is C15H23FN2. The molecule has 0 saturated heterocycles. The topological polar surface area (TPSA) is 29.3 Å². The van der Waals surface area contributed by atoms with Gasteiger partial charge >= 0.3 is 0 Å². The zero-order chi connectivity index (χ0) is 13.0. The lowest BCUT2D eigenvalue weighted by Crippen LogP contribution is -2.40. The van der Waals surface area contributed by atoms with Gasteiger partial charge < -0.3 is 5.73 Å². The zero-order valence-corrected chi connectivity index (χ0v) is 11.1. The average Bonchev–Trinajstić information content (AvgIpc) is 2.90. The fraction of sp³-hybridized carbons (Fsp3) is 0.600. The van der Waals surface area contributed by atoms with Crippen LogP contribution in [0.25, 0.3) is 0 Å². The summed E-state index contributed by atoms with van der Waals surface area (Å²) in [5.41, 5.74) is 6.65. The van der Waals surface area contributed by atoms with Crippen molar-refractivity contribution < 1.29 is 4.39 Å². The monoisotopic (exact) mass is 250 g/mol. The summed E-state index contributed by atoms with van der Waals surface area (Å²) < 4.78 is 13.9. The molecule has 1 aliphatic rings. The zero-order valence-electron chi connectivity index (χ0n) is 11.1. The van der Waals surface area contributed by atoms with E-state index in [1.54, 1.807) is 6.07 Å². The van der Waals surface area contributed by atoms with E-state index < -0.39 is 0 Å². The van der Waals surface area contributed by atoms with Gasteiger partial charge in [-0.3, -0.25) is 4.90 Å². The maximum absolute atomic E-state index is 13.9. The third-order valence-corrected chi connectivity index (χ3v) is 4.05. The minimum atomic E-state index is -0.135. The van der Waals surface area contributed by atoms with E-state index in [4.69, 9.17) is 5.73 Å². The van der Waals surface area contributed by atoms with E-state index in [2.05, 4.69) is 11.8 Å². The van der Waals surface area contributed by atoms with Crippen LogP contribution in [0.1, 0.15) is 44.2 Å². The predicted molar refractivity (Wildman–Crippen MR) is 72.8 cm³/mol. The average molecular weight is 250 g/mol. The molecule has 2 N–H and O–H groups in total. The standard InChI is InChI=1S/C15H23FN2/c1-2-18(12-7-3-4-8-12)15(11-17)13-9-5-6-10-14(13)16/h5-6,9-10,12,15H,2-4,7-8,11,17H2,1H3. The van der Waals surface area contributed by atoms with Crippen molar-refractivity contribution in [2.24, 2.45) is 5.73 Å². The molecule has 0 heterocycles. The summed E-state index contributed by atoms with van der Waals surface area (Å²) in [6, 6.07) is 7.61. The van der Waals surface area contributed by atoms with Gasteiger partial charge in [0, 0.05) is 18.2 Å². The van der Waals surface area contributed by atoms with E-state index >= 15 is 0 Å². The van der Waals surface area contributed by atoms with Gasteiger partial charge in [-0.05, 0) is 25.5 Å². The lowest BCUT2D eigenvalue weighted by molar-refractivity contribution is 0.144. The number of halogens is 1. The molecule has 1 saturated carbocycles. The summed E-state index contributed by atoms with van der Waals surface area (Å²) in [6.45, 7) is 3.55. The Hall–Kier alpha value is -0.930. The fourth-order valence-electron chi connectivity index (χ4n) is 3.16. The Morgan fingerprint density at radius 3 is 2.56 bits per heavy atom. The van der Waals surface area contributed by atoms with Crippen molar-refractivity contribution in [3.8, 4) is 0 Å². The van der Waals surface area contributed by atoms with Crippen LogP contribution >= 0.6 is 0 Å². The Morgan fingerprint density at radius 2 is 2.00 bits per heavy atom. The van der Waals surface area contributed by atoms with E-state index in [0.29, 0.717) is 12.6 Å². The Morgan fingerprint density at radius 1 is 1.33 bits per heavy atom. The van der Waals surface area contributed by atoms with E-state index in [1.807, 2.05) is 12.1 Å². The highest BCUT2D eigenvalue weighted by molar-refractivity contribution is 5.22. The molecule has 3 heteroatoms. The van der Waals surface area contributed by atoms with Crippen molar-refractivity contribution in [3.63, 3.8) is 0 Å². The van der Waals surface area contributed by atoms with E-state index in [0.717, 1.165) is 12.1 Å². The quantitative estimate of drug-likeness (QED) is 0.870. The minimum Gasteiger partial charge on any atom is -0.329 e. The molecule has 1 aromatic rings. The molecule has 2 rings (SSSR count).